The van der Waals surface area contributed by atoms with Crippen molar-refractivity contribution in [2.45, 2.75) is 24.9 Å². The highest BCUT2D eigenvalue weighted by Gasteiger charge is 2.47. The first-order chi connectivity index (χ1) is 14.5. The quantitative estimate of drug-likeness (QED) is 0.535. The second-order valence-electron chi connectivity index (χ2n) is 7.80. The second-order valence-corrected chi connectivity index (χ2v) is 8.66. The summed E-state index contributed by atoms with van der Waals surface area (Å²) in [5.41, 5.74) is 3.33. The van der Waals surface area contributed by atoms with Crippen LogP contribution in [-0.2, 0) is 11.3 Å². The van der Waals surface area contributed by atoms with Crippen LogP contribution in [0, 0.1) is 5.41 Å². The summed E-state index contributed by atoms with van der Waals surface area (Å²) in [6.07, 6.45) is 2.84. The first kappa shape index (κ1) is 20.7. The number of hydrogen-bond acceptors (Lipinski definition) is 6. The van der Waals surface area contributed by atoms with E-state index in [1.807, 2.05) is 30.3 Å². The molecule has 2 aliphatic heterocycles. The smallest absolute Gasteiger partial charge is 0.220 e. The van der Waals surface area contributed by atoms with Crippen LogP contribution in [0.2, 0.25) is 0 Å². The van der Waals surface area contributed by atoms with Gasteiger partial charge in [-0.15, -0.1) is 0 Å². The maximum Gasteiger partial charge on any atom is 0.220 e. The third kappa shape index (κ3) is 3.89. The van der Waals surface area contributed by atoms with Gasteiger partial charge in [-0.3, -0.25) is 9.69 Å². The van der Waals surface area contributed by atoms with Gasteiger partial charge in [0.15, 0.2) is 0 Å². The molecule has 2 heterocycles. The predicted octanol–water partition coefficient (Wildman–Crippen LogP) is 3.67. The number of amides is 1. The molecule has 0 unspecified atom stereocenters. The van der Waals surface area contributed by atoms with E-state index in [1.54, 1.807) is 14.2 Å². The zero-order valence-electron chi connectivity index (χ0n) is 17.0. The number of methoxy groups -OCH3 is 2. The number of carbonyl (C=O) groups excluding carboxylic acids is 1. The van der Waals surface area contributed by atoms with E-state index < -0.39 is 0 Å². The van der Waals surface area contributed by atoms with Crippen LogP contribution in [0.3, 0.4) is 0 Å². The van der Waals surface area contributed by atoms with E-state index in [-0.39, 0.29) is 11.4 Å². The van der Waals surface area contributed by atoms with Crippen molar-refractivity contribution in [1.29, 1.82) is 5.41 Å². The molecule has 3 N–H and O–H groups in total. The van der Waals surface area contributed by atoms with Crippen molar-refractivity contribution in [2.24, 2.45) is 0 Å². The molecule has 0 aromatic heterocycles. The van der Waals surface area contributed by atoms with Crippen molar-refractivity contribution in [3.05, 3.63) is 45.9 Å². The number of ether oxygens (including phenoxy) is 2. The van der Waals surface area contributed by atoms with Crippen LogP contribution < -0.4 is 20.1 Å². The highest BCUT2D eigenvalue weighted by Crippen LogP contribution is 2.39. The van der Waals surface area contributed by atoms with Gasteiger partial charge in [0.2, 0.25) is 5.91 Å². The van der Waals surface area contributed by atoms with Crippen LogP contribution >= 0.6 is 15.9 Å². The normalized spacial score (nSPS) is 17.4. The zero-order valence-corrected chi connectivity index (χ0v) is 18.6. The summed E-state index contributed by atoms with van der Waals surface area (Å²) < 4.78 is 12.2. The highest BCUT2D eigenvalue weighted by molar-refractivity contribution is 9.10. The lowest BCUT2D eigenvalue weighted by Crippen LogP contribution is -2.66. The lowest BCUT2D eigenvalue weighted by molar-refractivity contribution is -0.120. The van der Waals surface area contributed by atoms with Gasteiger partial charge in [-0.05, 0) is 18.6 Å². The molecule has 0 saturated carbocycles. The number of rotatable bonds is 7. The molecule has 2 aliphatic rings. The number of halogens is 1. The van der Waals surface area contributed by atoms with E-state index in [0.717, 1.165) is 58.0 Å². The Morgan fingerprint density at radius 3 is 2.53 bits per heavy atom. The van der Waals surface area contributed by atoms with E-state index in [0.29, 0.717) is 13.0 Å². The van der Waals surface area contributed by atoms with E-state index in [1.165, 1.54) is 6.21 Å². The van der Waals surface area contributed by atoms with Gasteiger partial charge in [0.25, 0.3) is 0 Å². The number of likely N-dealkylation sites (tertiary alicyclic amines) is 1. The fourth-order valence-corrected chi connectivity index (χ4v) is 4.80. The van der Waals surface area contributed by atoms with Gasteiger partial charge < -0.3 is 25.5 Å². The first-order valence-corrected chi connectivity index (χ1v) is 10.6. The molecule has 158 valence electrons. The average Bonchev–Trinajstić information content (AvgIpc) is 3.10. The number of carbonyl (C=O) groups is 1. The van der Waals surface area contributed by atoms with Gasteiger partial charge in [0.05, 0.1) is 25.3 Å². The number of nitrogens with zero attached hydrogens (tertiary/aromatic N) is 1. The number of anilines is 2. The summed E-state index contributed by atoms with van der Waals surface area (Å²) in [7, 11) is 3.30. The lowest BCUT2D eigenvalue weighted by atomic mass is 9.88. The van der Waals surface area contributed by atoms with Crippen molar-refractivity contribution in [3.63, 3.8) is 0 Å². The fourth-order valence-electron chi connectivity index (χ4n) is 4.32. The van der Waals surface area contributed by atoms with Crippen molar-refractivity contribution in [3.8, 4) is 11.5 Å². The van der Waals surface area contributed by atoms with Gasteiger partial charge in [-0.1, -0.05) is 22.0 Å². The van der Waals surface area contributed by atoms with Crippen LogP contribution in [0.5, 0.6) is 11.5 Å². The Balaban J connectivity index is 1.55. The summed E-state index contributed by atoms with van der Waals surface area (Å²) in [5, 5.41) is 14.2. The first-order valence-electron chi connectivity index (χ1n) is 9.81. The maximum absolute atomic E-state index is 11.6. The average molecular weight is 473 g/mol. The topological polar surface area (TPSA) is 86.7 Å². The van der Waals surface area contributed by atoms with Gasteiger partial charge in [-0.2, -0.15) is 0 Å². The van der Waals surface area contributed by atoms with E-state index in [2.05, 4.69) is 31.5 Å². The molecule has 1 spiro atoms. The Labute approximate surface area is 184 Å². The largest absolute Gasteiger partial charge is 0.496 e. The molecule has 0 bridgehead atoms. The monoisotopic (exact) mass is 472 g/mol. The SMILES string of the molecule is COc1cc(Nc2cccc(Br)c2C=N)cc(OC)c1CN1CC2(CCC(=O)N2)C1. The predicted molar refractivity (Wildman–Crippen MR) is 120 cm³/mol. The third-order valence-electron chi connectivity index (χ3n) is 5.75. The van der Waals surface area contributed by atoms with Crippen LogP contribution in [0.1, 0.15) is 24.0 Å². The van der Waals surface area contributed by atoms with E-state index in [9.17, 15) is 4.79 Å². The van der Waals surface area contributed by atoms with Crippen LogP contribution in [0.4, 0.5) is 11.4 Å². The third-order valence-corrected chi connectivity index (χ3v) is 6.45. The minimum absolute atomic E-state index is 0.0527. The molecule has 0 radical (unpaired) electrons. The molecule has 2 aromatic carbocycles. The van der Waals surface area contributed by atoms with E-state index in [4.69, 9.17) is 14.9 Å². The Morgan fingerprint density at radius 2 is 1.97 bits per heavy atom. The van der Waals surface area contributed by atoms with Crippen molar-refractivity contribution >= 4 is 39.4 Å². The Morgan fingerprint density at radius 1 is 1.27 bits per heavy atom. The minimum Gasteiger partial charge on any atom is -0.496 e. The van der Waals surface area contributed by atoms with Crippen LogP contribution in [0.25, 0.3) is 0 Å². The number of benzene rings is 2. The van der Waals surface area contributed by atoms with Crippen molar-refractivity contribution in [2.75, 3.05) is 32.6 Å². The molecule has 8 heteroatoms. The van der Waals surface area contributed by atoms with Crippen LogP contribution in [-0.4, -0.2) is 49.9 Å². The van der Waals surface area contributed by atoms with Gasteiger partial charge in [0.1, 0.15) is 11.5 Å². The molecule has 2 saturated heterocycles. The van der Waals surface area contributed by atoms with Crippen LogP contribution in [0.15, 0.2) is 34.8 Å². The Kier molecular flexibility index (Phi) is 5.71. The summed E-state index contributed by atoms with van der Waals surface area (Å²) in [4.78, 5) is 13.9. The second kappa shape index (κ2) is 8.28. The maximum atomic E-state index is 11.6. The molecule has 0 aliphatic carbocycles. The Bertz CT molecular complexity index is 963. The minimum atomic E-state index is -0.0527. The number of nitrogens with one attached hydrogen (secondary N) is 3. The molecular formula is C22H25BrN4O3. The molecule has 0 atom stereocenters. The lowest BCUT2D eigenvalue weighted by Gasteiger charge is -2.48. The highest BCUT2D eigenvalue weighted by atomic mass is 79.9. The standard InChI is InChI=1S/C22H25BrN4O3/c1-29-19-8-14(25-18-5-3-4-17(23)15(18)10-24)9-20(30-2)16(19)11-27-12-22(13-27)7-6-21(28)26-22/h3-5,8-10,24-25H,6-7,11-13H2,1-2H3,(H,26,28). The van der Waals surface area contributed by atoms with Crippen molar-refractivity contribution in [1.82, 2.24) is 10.2 Å². The molecule has 4 rings (SSSR count). The van der Waals surface area contributed by atoms with Crippen molar-refractivity contribution < 1.29 is 14.3 Å². The van der Waals surface area contributed by atoms with E-state index >= 15 is 0 Å². The number of hydrogen-bond donors (Lipinski definition) is 3. The summed E-state index contributed by atoms with van der Waals surface area (Å²) in [6.45, 7) is 2.37. The molecule has 30 heavy (non-hydrogen) atoms. The molecular weight excluding hydrogens is 448 g/mol. The molecule has 2 fully saturated rings. The Hall–Kier alpha value is -2.58. The van der Waals surface area contributed by atoms with Gasteiger partial charge in [-0.25, -0.2) is 0 Å². The van der Waals surface area contributed by atoms with Gasteiger partial charge >= 0.3 is 0 Å². The zero-order chi connectivity index (χ0) is 21.3. The fraction of sp³-hybridized carbons (Fsp3) is 0.364. The van der Waals surface area contributed by atoms with Gasteiger partial charge in [0, 0.05) is 65.8 Å². The summed E-state index contributed by atoms with van der Waals surface area (Å²) >= 11 is 3.49. The summed E-state index contributed by atoms with van der Waals surface area (Å²) in [6, 6.07) is 9.64. The summed E-state index contributed by atoms with van der Waals surface area (Å²) in [5.74, 6) is 1.62. The molecule has 2 aromatic rings. The molecule has 7 nitrogen and oxygen atoms in total. The molecule has 1 amide bonds.